The van der Waals surface area contributed by atoms with Gasteiger partial charge in [0, 0.05) is 39.4 Å². The van der Waals surface area contributed by atoms with E-state index in [1.807, 2.05) is 37.2 Å². The highest BCUT2D eigenvalue weighted by Crippen LogP contribution is 2.17. The second-order valence-corrected chi connectivity index (χ2v) is 6.48. The first-order valence-corrected chi connectivity index (χ1v) is 8.45. The summed E-state index contributed by atoms with van der Waals surface area (Å²) in [6.45, 7) is 1.48. The third-order valence-corrected chi connectivity index (χ3v) is 4.27. The fourth-order valence-corrected chi connectivity index (χ4v) is 2.89. The van der Waals surface area contributed by atoms with Crippen LogP contribution in [0.1, 0.15) is 17.7 Å². The molecule has 0 aromatic carbocycles. The van der Waals surface area contributed by atoms with Crippen LogP contribution in [0.4, 0.5) is 11.6 Å². The number of nitrogens with zero attached hydrogens (tertiary/aromatic N) is 6. The quantitative estimate of drug-likeness (QED) is 0.848. The molecule has 1 atom stereocenters. The molecule has 3 rings (SSSR count). The van der Waals surface area contributed by atoms with Gasteiger partial charge >= 0.3 is 0 Å². The molecule has 1 fully saturated rings. The SMILES string of the molecule is CN(C)c1ccc(CC(=O)N[C@H]2CCN(c3ccc(C#N)nn3)C2)cn1. The molecule has 0 spiro atoms. The summed E-state index contributed by atoms with van der Waals surface area (Å²) in [6, 6.07) is 9.30. The van der Waals surface area contributed by atoms with Crippen molar-refractivity contribution in [3.63, 3.8) is 0 Å². The third-order valence-electron chi connectivity index (χ3n) is 4.27. The number of amides is 1. The maximum Gasteiger partial charge on any atom is 0.224 e. The Morgan fingerprint density at radius 2 is 2.19 bits per heavy atom. The van der Waals surface area contributed by atoms with Gasteiger partial charge in [0.25, 0.3) is 0 Å². The van der Waals surface area contributed by atoms with Gasteiger partial charge in [-0.15, -0.1) is 10.2 Å². The van der Waals surface area contributed by atoms with E-state index in [4.69, 9.17) is 5.26 Å². The number of anilines is 2. The van der Waals surface area contributed by atoms with E-state index in [1.165, 1.54) is 0 Å². The molecule has 1 aliphatic rings. The lowest BCUT2D eigenvalue weighted by molar-refractivity contribution is -0.121. The van der Waals surface area contributed by atoms with Crippen molar-refractivity contribution < 1.29 is 4.79 Å². The Morgan fingerprint density at radius 3 is 2.81 bits per heavy atom. The highest BCUT2D eigenvalue weighted by Gasteiger charge is 2.25. The number of carbonyl (C=O) groups excluding carboxylic acids is 1. The van der Waals surface area contributed by atoms with E-state index in [1.54, 1.807) is 18.3 Å². The molecule has 0 bridgehead atoms. The molecule has 1 aliphatic heterocycles. The summed E-state index contributed by atoms with van der Waals surface area (Å²) >= 11 is 0. The second kappa shape index (κ2) is 7.78. The molecule has 0 saturated carbocycles. The smallest absolute Gasteiger partial charge is 0.224 e. The maximum absolute atomic E-state index is 12.3. The van der Waals surface area contributed by atoms with Crippen molar-refractivity contribution in [1.29, 1.82) is 5.26 Å². The van der Waals surface area contributed by atoms with E-state index in [2.05, 4.69) is 25.4 Å². The first-order chi connectivity index (χ1) is 12.5. The molecule has 1 saturated heterocycles. The van der Waals surface area contributed by atoms with Gasteiger partial charge in [-0.2, -0.15) is 5.26 Å². The summed E-state index contributed by atoms with van der Waals surface area (Å²) in [4.78, 5) is 20.6. The molecule has 1 amide bonds. The van der Waals surface area contributed by atoms with E-state index in [0.717, 1.165) is 30.2 Å². The zero-order valence-electron chi connectivity index (χ0n) is 14.9. The number of hydrogen-bond acceptors (Lipinski definition) is 7. The molecule has 0 unspecified atom stereocenters. The standard InChI is InChI=1S/C18H21N7O/c1-24(2)16-5-3-13(11-20-16)9-18(26)21-15-7-8-25(12-15)17-6-4-14(10-19)22-23-17/h3-6,11,15H,7-9,12H2,1-2H3,(H,21,26)/t15-/m0/s1. The Labute approximate surface area is 152 Å². The lowest BCUT2D eigenvalue weighted by Gasteiger charge is -2.17. The van der Waals surface area contributed by atoms with Gasteiger partial charge in [0.05, 0.1) is 6.42 Å². The van der Waals surface area contributed by atoms with Gasteiger partial charge in [0.2, 0.25) is 5.91 Å². The average molecular weight is 351 g/mol. The highest BCUT2D eigenvalue weighted by atomic mass is 16.1. The van der Waals surface area contributed by atoms with Gasteiger partial charge in [-0.25, -0.2) is 4.98 Å². The second-order valence-electron chi connectivity index (χ2n) is 6.48. The predicted molar refractivity (Wildman–Crippen MR) is 97.8 cm³/mol. The van der Waals surface area contributed by atoms with Crippen molar-refractivity contribution in [2.45, 2.75) is 18.9 Å². The lowest BCUT2D eigenvalue weighted by atomic mass is 10.2. The summed E-state index contributed by atoms with van der Waals surface area (Å²) in [5.74, 6) is 1.58. The van der Waals surface area contributed by atoms with E-state index in [-0.39, 0.29) is 11.9 Å². The van der Waals surface area contributed by atoms with Gasteiger partial charge < -0.3 is 15.1 Å². The number of hydrogen-bond donors (Lipinski definition) is 1. The third kappa shape index (κ3) is 4.25. The van der Waals surface area contributed by atoms with Crippen molar-refractivity contribution in [2.75, 3.05) is 37.0 Å². The van der Waals surface area contributed by atoms with E-state index in [9.17, 15) is 4.79 Å². The van der Waals surface area contributed by atoms with Crippen molar-refractivity contribution in [1.82, 2.24) is 20.5 Å². The average Bonchev–Trinajstić information content (AvgIpc) is 3.10. The molecule has 26 heavy (non-hydrogen) atoms. The molecule has 3 heterocycles. The minimum Gasteiger partial charge on any atom is -0.363 e. The normalized spacial score (nSPS) is 16.2. The van der Waals surface area contributed by atoms with Crippen molar-refractivity contribution in [3.8, 4) is 6.07 Å². The van der Waals surface area contributed by atoms with Crippen LogP contribution in [-0.4, -0.2) is 54.3 Å². The number of rotatable bonds is 5. The van der Waals surface area contributed by atoms with Gasteiger partial charge in [0.1, 0.15) is 11.9 Å². The summed E-state index contributed by atoms with van der Waals surface area (Å²) in [5.41, 5.74) is 1.19. The maximum atomic E-state index is 12.3. The zero-order valence-corrected chi connectivity index (χ0v) is 14.9. The van der Waals surface area contributed by atoms with Crippen LogP contribution < -0.4 is 15.1 Å². The molecular formula is C18H21N7O. The Balaban J connectivity index is 1.51. The number of nitrogens with one attached hydrogen (secondary N) is 1. The number of pyridine rings is 1. The fraction of sp³-hybridized carbons (Fsp3) is 0.389. The van der Waals surface area contributed by atoms with Crippen molar-refractivity contribution >= 4 is 17.5 Å². The van der Waals surface area contributed by atoms with Crippen LogP contribution in [0.5, 0.6) is 0 Å². The summed E-state index contributed by atoms with van der Waals surface area (Å²) in [5, 5.41) is 19.8. The molecule has 0 aliphatic carbocycles. The van der Waals surface area contributed by atoms with Crippen LogP contribution >= 0.6 is 0 Å². The minimum atomic E-state index is -0.0119. The van der Waals surface area contributed by atoms with E-state index in [0.29, 0.717) is 18.7 Å². The molecule has 134 valence electrons. The van der Waals surface area contributed by atoms with E-state index >= 15 is 0 Å². The molecule has 8 nitrogen and oxygen atoms in total. The molecule has 0 radical (unpaired) electrons. The number of aromatic nitrogens is 3. The van der Waals surface area contributed by atoms with Gasteiger partial charge in [-0.3, -0.25) is 4.79 Å². The van der Waals surface area contributed by atoms with Crippen LogP contribution in [0.3, 0.4) is 0 Å². The number of nitriles is 1. The Kier molecular flexibility index (Phi) is 5.27. The van der Waals surface area contributed by atoms with Gasteiger partial charge in [0.15, 0.2) is 11.5 Å². The topological polar surface area (TPSA) is 98.0 Å². The van der Waals surface area contributed by atoms with Crippen molar-refractivity contribution in [3.05, 3.63) is 41.7 Å². The van der Waals surface area contributed by atoms with Crippen LogP contribution in [0.15, 0.2) is 30.5 Å². The lowest BCUT2D eigenvalue weighted by Crippen LogP contribution is -2.38. The van der Waals surface area contributed by atoms with E-state index < -0.39 is 0 Å². The molecule has 2 aromatic heterocycles. The summed E-state index contributed by atoms with van der Waals surface area (Å²) in [7, 11) is 3.86. The summed E-state index contributed by atoms with van der Waals surface area (Å²) < 4.78 is 0. The number of carbonyl (C=O) groups is 1. The minimum absolute atomic E-state index is 0.0119. The Bertz CT molecular complexity index is 796. The van der Waals surface area contributed by atoms with Crippen LogP contribution in [0.25, 0.3) is 0 Å². The first-order valence-electron chi connectivity index (χ1n) is 8.45. The van der Waals surface area contributed by atoms with Crippen LogP contribution in [0, 0.1) is 11.3 Å². The molecule has 1 N–H and O–H groups in total. The highest BCUT2D eigenvalue weighted by molar-refractivity contribution is 5.79. The molecule has 2 aromatic rings. The summed E-state index contributed by atoms with van der Waals surface area (Å²) in [6.07, 6.45) is 2.90. The monoisotopic (exact) mass is 351 g/mol. The predicted octanol–water partition coefficient (Wildman–Crippen LogP) is 0.747. The fourth-order valence-electron chi connectivity index (χ4n) is 2.89. The Morgan fingerprint density at radius 1 is 1.35 bits per heavy atom. The Hall–Kier alpha value is -3.21. The van der Waals surface area contributed by atoms with Gasteiger partial charge in [-0.1, -0.05) is 6.07 Å². The first kappa shape index (κ1) is 17.6. The molecule has 8 heteroatoms. The zero-order chi connectivity index (χ0) is 18.5. The van der Waals surface area contributed by atoms with Crippen LogP contribution in [0.2, 0.25) is 0 Å². The molecular weight excluding hydrogens is 330 g/mol. The van der Waals surface area contributed by atoms with Gasteiger partial charge in [-0.05, 0) is 30.2 Å². The van der Waals surface area contributed by atoms with Crippen molar-refractivity contribution in [2.24, 2.45) is 0 Å². The van der Waals surface area contributed by atoms with Crippen LogP contribution in [-0.2, 0) is 11.2 Å². The largest absolute Gasteiger partial charge is 0.363 e.